The predicted octanol–water partition coefficient (Wildman–Crippen LogP) is 1.30. The number of aryl methyl sites for hydroxylation is 2. The summed E-state index contributed by atoms with van der Waals surface area (Å²) in [6.45, 7) is 1.43. The molecule has 0 saturated heterocycles. The topological polar surface area (TPSA) is 47.7 Å². The number of alkyl halides is 1. The molecule has 18 heavy (non-hydrogen) atoms. The van der Waals surface area contributed by atoms with Crippen molar-refractivity contribution >= 4 is 12.4 Å². The summed E-state index contributed by atoms with van der Waals surface area (Å²) < 4.78 is 15.5. The van der Waals surface area contributed by atoms with Gasteiger partial charge in [0.25, 0.3) is 0 Å². The predicted molar refractivity (Wildman–Crippen MR) is 69.2 cm³/mol. The van der Waals surface area contributed by atoms with Crippen molar-refractivity contribution in [2.45, 2.75) is 19.6 Å². The van der Waals surface area contributed by atoms with Gasteiger partial charge in [0.05, 0.1) is 18.9 Å². The molecule has 0 spiro atoms. The molecule has 0 aliphatic carbocycles. The van der Waals surface area contributed by atoms with Crippen LogP contribution in [0.3, 0.4) is 0 Å². The molecule has 1 N–H and O–H groups in total. The number of aromatic nitrogens is 4. The molecule has 0 aliphatic rings. The minimum Gasteiger partial charge on any atom is -0.308 e. The maximum atomic E-state index is 12.1. The highest BCUT2D eigenvalue weighted by Gasteiger charge is 1.99. The molecule has 0 aliphatic heterocycles. The molecule has 2 aromatic heterocycles. The first-order valence-corrected chi connectivity index (χ1v) is 5.53. The van der Waals surface area contributed by atoms with Crippen molar-refractivity contribution in [2.75, 3.05) is 6.67 Å². The molecule has 0 unspecified atom stereocenters. The quantitative estimate of drug-likeness (QED) is 0.863. The van der Waals surface area contributed by atoms with E-state index in [1.54, 1.807) is 15.6 Å². The molecule has 0 saturated carbocycles. The molecule has 0 aromatic carbocycles. The molecular weight excluding hydrogens is 257 g/mol. The first-order valence-electron chi connectivity index (χ1n) is 5.53. The van der Waals surface area contributed by atoms with E-state index in [1.165, 1.54) is 0 Å². The number of nitrogens with one attached hydrogen (secondary N) is 1. The van der Waals surface area contributed by atoms with Crippen LogP contribution in [0.15, 0.2) is 24.8 Å². The normalized spacial score (nSPS) is 10.3. The maximum absolute atomic E-state index is 12.1. The van der Waals surface area contributed by atoms with Crippen LogP contribution in [0.5, 0.6) is 0 Å². The van der Waals surface area contributed by atoms with E-state index >= 15 is 0 Å². The lowest BCUT2D eigenvalue weighted by molar-refractivity contribution is 0.427. The Balaban J connectivity index is 0.00000162. The first-order chi connectivity index (χ1) is 8.28. The molecule has 0 atom stereocenters. The van der Waals surface area contributed by atoms with Crippen LogP contribution in [0.4, 0.5) is 4.39 Å². The third kappa shape index (κ3) is 4.12. The number of rotatable bonds is 6. The van der Waals surface area contributed by atoms with E-state index in [2.05, 4.69) is 15.5 Å². The number of hydrogen-bond acceptors (Lipinski definition) is 3. The largest absolute Gasteiger partial charge is 0.308 e. The Morgan fingerprint density at radius 1 is 1.17 bits per heavy atom. The van der Waals surface area contributed by atoms with Gasteiger partial charge in [0.1, 0.15) is 6.67 Å². The third-order valence-corrected chi connectivity index (χ3v) is 2.42. The Bertz CT molecular complexity index is 467. The highest BCUT2D eigenvalue weighted by molar-refractivity contribution is 5.85. The molecule has 0 amide bonds. The van der Waals surface area contributed by atoms with E-state index in [0.29, 0.717) is 6.54 Å². The Morgan fingerprint density at radius 2 is 1.83 bits per heavy atom. The summed E-state index contributed by atoms with van der Waals surface area (Å²) in [5, 5.41) is 11.4. The van der Waals surface area contributed by atoms with Gasteiger partial charge in [-0.1, -0.05) is 0 Å². The van der Waals surface area contributed by atoms with Gasteiger partial charge in [-0.2, -0.15) is 10.2 Å². The van der Waals surface area contributed by atoms with Crippen molar-refractivity contribution in [3.05, 3.63) is 35.9 Å². The van der Waals surface area contributed by atoms with Crippen molar-refractivity contribution in [1.29, 1.82) is 0 Å². The molecule has 100 valence electrons. The van der Waals surface area contributed by atoms with Crippen LogP contribution in [-0.4, -0.2) is 26.2 Å². The molecule has 7 heteroatoms. The minimum absolute atomic E-state index is 0. The monoisotopic (exact) mass is 273 g/mol. The molecule has 0 fully saturated rings. The van der Waals surface area contributed by atoms with Gasteiger partial charge >= 0.3 is 0 Å². The number of halogens is 2. The van der Waals surface area contributed by atoms with Crippen LogP contribution in [0.1, 0.15) is 11.1 Å². The lowest BCUT2D eigenvalue weighted by atomic mass is 10.3. The van der Waals surface area contributed by atoms with Crippen LogP contribution in [0.2, 0.25) is 0 Å². The van der Waals surface area contributed by atoms with Crippen LogP contribution in [-0.2, 0) is 26.7 Å². The Hall–Kier alpha value is -1.40. The van der Waals surface area contributed by atoms with Gasteiger partial charge in [-0.15, -0.1) is 12.4 Å². The summed E-state index contributed by atoms with van der Waals surface area (Å²) in [5.41, 5.74) is 2.20. The fraction of sp³-hybridized carbons (Fsp3) is 0.455. The van der Waals surface area contributed by atoms with Gasteiger partial charge in [-0.25, -0.2) is 4.39 Å². The zero-order valence-electron chi connectivity index (χ0n) is 10.2. The Kier molecular flexibility index (Phi) is 5.80. The zero-order valence-corrected chi connectivity index (χ0v) is 11.0. The smallest absolute Gasteiger partial charge is 0.109 e. The Labute approximate surface area is 111 Å². The molecule has 2 rings (SSSR count). The van der Waals surface area contributed by atoms with E-state index in [0.717, 1.165) is 24.2 Å². The molecule has 0 bridgehead atoms. The average molecular weight is 274 g/mol. The fourth-order valence-electron chi connectivity index (χ4n) is 1.62. The van der Waals surface area contributed by atoms with E-state index in [1.807, 2.05) is 25.6 Å². The second-order valence-electron chi connectivity index (χ2n) is 3.93. The zero-order chi connectivity index (χ0) is 12.1. The summed E-state index contributed by atoms with van der Waals surface area (Å²) in [7, 11) is 1.89. The van der Waals surface area contributed by atoms with Crippen molar-refractivity contribution < 1.29 is 4.39 Å². The lowest BCUT2D eigenvalue weighted by Gasteiger charge is -1.99. The molecule has 5 nitrogen and oxygen atoms in total. The van der Waals surface area contributed by atoms with Crippen molar-refractivity contribution in [3.8, 4) is 0 Å². The van der Waals surface area contributed by atoms with Crippen LogP contribution in [0, 0.1) is 0 Å². The van der Waals surface area contributed by atoms with E-state index < -0.39 is 0 Å². The van der Waals surface area contributed by atoms with Gasteiger partial charge in [0, 0.05) is 43.7 Å². The van der Waals surface area contributed by atoms with Gasteiger partial charge in [-0.3, -0.25) is 9.36 Å². The van der Waals surface area contributed by atoms with Crippen molar-refractivity contribution in [3.63, 3.8) is 0 Å². The number of hydrogen-bond donors (Lipinski definition) is 1. The van der Waals surface area contributed by atoms with E-state index in [-0.39, 0.29) is 19.1 Å². The lowest BCUT2D eigenvalue weighted by Crippen LogP contribution is -2.11. The fourth-order valence-corrected chi connectivity index (χ4v) is 1.62. The second-order valence-corrected chi connectivity index (χ2v) is 3.93. The van der Waals surface area contributed by atoms with Crippen LogP contribution < -0.4 is 5.32 Å². The van der Waals surface area contributed by atoms with Crippen LogP contribution in [0.25, 0.3) is 0 Å². The first kappa shape index (κ1) is 14.7. The number of nitrogens with zero attached hydrogens (tertiary/aromatic N) is 4. The maximum Gasteiger partial charge on any atom is 0.109 e. The summed E-state index contributed by atoms with van der Waals surface area (Å²) in [4.78, 5) is 0. The average Bonchev–Trinajstić information content (AvgIpc) is 2.89. The standard InChI is InChI=1S/C11H16FN5.ClH/c1-16-8-10(6-14-16)4-13-5-11-7-15-17(9-11)3-2-12;/h6-9,13H,2-5H2,1H3;1H. The van der Waals surface area contributed by atoms with E-state index in [4.69, 9.17) is 0 Å². The van der Waals surface area contributed by atoms with E-state index in [9.17, 15) is 4.39 Å². The third-order valence-electron chi connectivity index (χ3n) is 2.42. The minimum atomic E-state index is -0.385. The molecule has 2 aromatic rings. The summed E-state index contributed by atoms with van der Waals surface area (Å²) in [6.07, 6.45) is 7.42. The summed E-state index contributed by atoms with van der Waals surface area (Å²) >= 11 is 0. The van der Waals surface area contributed by atoms with Crippen molar-refractivity contribution in [1.82, 2.24) is 24.9 Å². The van der Waals surface area contributed by atoms with Gasteiger partial charge in [0.2, 0.25) is 0 Å². The SMILES string of the molecule is Cl.Cn1cc(CNCc2cnn(CCF)c2)cn1. The van der Waals surface area contributed by atoms with Gasteiger partial charge in [0.15, 0.2) is 0 Å². The summed E-state index contributed by atoms with van der Waals surface area (Å²) in [5.74, 6) is 0. The highest BCUT2D eigenvalue weighted by Crippen LogP contribution is 2.00. The summed E-state index contributed by atoms with van der Waals surface area (Å²) in [6, 6.07) is 0. The van der Waals surface area contributed by atoms with Crippen LogP contribution >= 0.6 is 12.4 Å². The molecule has 2 heterocycles. The van der Waals surface area contributed by atoms with Crippen molar-refractivity contribution in [2.24, 2.45) is 7.05 Å². The van der Waals surface area contributed by atoms with Gasteiger partial charge < -0.3 is 5.32 Å². The molecule has 0 radical (unpaired) electrons. The second kappa shape index (κ2) is 7.13. The van der Waals surface area contributed by atoms with Gasteiger partial charge in [-0.05, 0) is 0 Å². The Morgan fingerprint density at radius 3 is 2.44 bits per heavy atom. The molecular formula is C11H17ClFN5. The highest BCUT2D eigenvalue weighted by atomic mass is 35.5.